The predicted octanol–water partition coefficient (Wildman–Crippen LogP) is 4.70. The number of nitrogens with one attached hydrogen (secondary N) is 1. The summed E-state index contributed by atoms with van der Waals surface area (Å²) in [4.78, 5) is 12.4. The van der Waals surface area contributed by atoms with Crippen LogP contribution in [0.2, 0.25) is 0 Å². The lowest BCUT2D eigenvalue weighted by Gasteiger charge is -2.19. The van der Waals surface area contributed by atoms with Crippen LogP contribution in [0.15, 0.2) is 36.4 Å². The summed E-state index contributed by atoms with van der Waals surface area (Å²) in [6, 6.07) is 12.2. The zero-order chi connectivity index (χ0) is 20.0. The van der Waals surface area contributed by atoms with Crippen LogP contribution in [0.1, 0.15) is 48.9 Å². The lowest BCUT2D eigenvalue weighted by atomic mass is 10.0. The highest BCUT2D eigenvalue weighted by atomic mass is 16.5. The van der Waals surface area contributed by atoms with Crippen molar-refractivity contribution >= 4 is 5.91 Å². The molecule has 0 saturated carbocycles. The molecule has 0 bridgehead atoms. The summed E-state index contributed by atoms with van der Waals surface area (Å²) in [5.41, 5.74) is 4.47. The molecular weight excluding hydrogens is 338 g/mol. The quantitative estimate of drug-likeness (QED) is 0.686. The smallest absolute Gasteiger partial charge is 0.260 e. The molecule has 0 aliphatic heterocycles. The highest BCUT2D eigenvalue weighted by Crippen LogP contribution is 2.28. The topological polar surface area (TPSA) is 47.6 Å². The van der Waals surface area contributed by atoms with E-state index in [4.69, 9.17) is 9.47 Å². The highest BCUT2D eigenvalue weighted by molar-refractivity contribution is 5.80. The minimum atomic E-state index is -0.565. The van der Waals surface area contributed by atoms with E-state index in [1.165, 1.54) is 0 Å². The molecule has 0 heterocycles. The Hall–Kier alpha value is -2.49. The van der Waals surface area contributed by atoms with E-state index in [0.717, 1.165) is 33.8 Å². The molecule has 0 fully saturated rings. The lowest BCUT2D eigenvalue weighted by Crippen LogP contribution is -2.38. The van der Waals surface area contributed by atoms with Crippen LogP contribution in [-0.2, 0) is 4.79 Å². The standard InChI is InChI=1S/C23H31NO3/c1-15(2)20-10-8-17(4)14-22(20)27-19(6)23(25)24-11-12-26-21-13-16(3)7-9-18(21)5/h7-10,13-15,19H,11-12H2,1-6H3,(H,24,25). The van der Waals surface area contributed by atoms with Crippen LogP contribution in [0.5, 0.6) is 11.5 Å². The molecule has 27 heavy (non-hydrogen) atoms. The molecule has 0 aliphatic carbocycles. The Morgan fingerprint density at radius 3 is 2.26 bits per heavy atom. The van der Waals surface area contributed by atoms with Crippen molar-refractivity contribution in [1.29, 1.82) is 0 Å². The van der Waals surface area contributed by atoms with Gasteiger partial charge >= 0.3 is 0 Å². The third-order valence-electron chi connectivity index (χ3n) is 4.47. The molecule has 2 aromatic carbocycles. The third-order valence-corrected chi connectivity index (χ3v) is 4.47. The molecular formula is C23H31NO3. The first-order chi connectivity index (χ1) is 12.8. The number of hydrogen-bond acceptors (Lipinski definition) is 3. The average Bonchev–Trinajstić information content (AvgIpc) is 2.61. The number of ether oxygens (including phenoxy) is 2. The monoisotopic (exact) mass is 369 g/mol. The number of hydrogen-bond donors (Lipinski definition) is 1. The Morgan fingerprint density at radius 2 is 1.59 bits per heavy atom. The van der Waals surface area contributed by atoms with Gasteiger partial charge in [-0.2, -0.15) is 0 Å². The normalized spacial score (nSPS) is 12.0. The molecule has 0 aliphatic rings. The van der Waals surface area contributed by atoms with Crippen molar-refractivity contribution in [1.82, 2.24) is 5.32 Å². The third kappa shape index (κ3) is 6.02. The van der Waals surface area contributed by atoms with Gasteiger partial charge in [0.1, 0.15) is 18.1 Å². The zero-order valence-corrected chi connectivity index (χ0v) is 17.3. The second-order valence-electron chi connectivity index (χ2n) is 7.36. The van der Waals surface area contributed by atoms with Crippen molar-refractivity contribution in [2.24, 2.45) is 0 Å². The molecule has 1 amide bonds. The maximum Gasteiger partial charge on any atom is 0.260 e. The van der Waals surface area contributed by atoms with Crippen LogP contribution in [-0.4, -0.2) is 25.2 Å². The van der Waals surface area contributed by atoms with Crippen molar-refractivity contribution < 1.29 is 14.3 Å². The van der Waals surface area contributed by atoms with E-state index in [2.05, 4.69) is 37.4 Å². The van der Waals surface area contributed by atoms with Crippen LogP contribution in [0.3, 0.4) is 0 Å². The Morgan fingerprint density at radius 1 is 0.963 bits per heavy atom. The van der Waals surface area contributed by atoms with Gasteiger partial charge in [0.25, 0.3) is 5.91 Å². The molecule has 0 saturated heterocycles. The number of benzene rings is 2. The van der Waals surface area contributed by atoms with Gasteiger partial charge in [-0.1, -0.05) is 38.1 Å². The summed E-state index contributed by atoms with van der Waals surface area (Å²) < 4.78 is 11.7. The first-order valence-electron chi connectivity index (χ1n) is 9.53. The minimum absolute atomic E-state index is 0.143. The summed E-state index contributed by atoms with van der Waals surface area (Å²) in [5, 5.41) is 2.88. The Bertz CT molecular complexity index is 783. The largest absolute Gasteiger partial charge is 0.491 e. The van der Waals surface area contributed by atoms with E-state index in [9.17, 15) is 4.79 Å². The summed E-state index contributed by atoms with van der Waals surface area (Å²) in [7, 11) is 0. The van der Waals surface area contributed by atoms with Gasteiger partial charge in [-0.25, -0.2) is 0 Å². The van der Waals surface area contributed by atoms with E-state index in [1.807, 2.05) is 39.0 Å². The van der Waals surface area contributed by atoms with E-state index in [-0.39, 0.29) is 5.91 Å². The van der Waals surface area contributed by atoms with Crippen LogP contribution in [0, 0.1) is 20.8 Å². The van der Waals surface area contributed by atoms with Crippen LogP contribution in [0.25, 0.3) is 0 Å². The molecule has 2 aromatic rings. The SMILES string of the molecule is Cc1ccc(C)c(OCCNC(=O)C(C)Oc2cc(C)ccc2C(C)C)c1. The number of carbonyl (C=O) groups is 1. The van der Waals surface area contributed by atoms with Gasteiger partial charge in [-0.15, -0.1) is 0 Å². The van der Waals surface area contributed by atoms with Crippen LogP contribution in [0.4, 0.5) is 0 Å². The van der Waals surface area contributed by atoms with Crippen molar-refractivity contribution in [2.75, 3.05) is 13.2 Å². The molecule has 1 atom stereocenters. The Kier molecular flexibility index (Phi) is 7.28. The van der Waals surface area contributed by atoms with Gasteiger partial charge in [0.15, 0.2) is 6.10 Å². The fourth-order valence-corrected chi connectivity index (χ4v) is 2.81. The van der Waals surface area contributed by atoms with E-state index in [1.54, 1.807) is 6.92 Å². The number of rotatable bonds is 8. The molecule has 2 rings (SSSR count). The molecule has 4 heteroatoms. The predicted molar refractivity (Wildman–Crippen MR) is 110 cm³/mol. The molecule has 0 aromatic heterocycles. The van der Waals surface area contributed by atoms with Crippen molar-refractivity contribution in [3.05, 3.63) is 58.7 Å². The molecule has 0 radical (unpaired) electrons. The molecule has 1 unspecified atom stereocenters. The Labute approximate surface area is 162 Å². The maximum absolute atomic E-state index is 12.4. The first kappa shape index (κ1) is 20.8. The van der Waals surface area contributed by atoms with E-state index in [0.29, 0.717) is 19.1 Å². The summed E-state index contributed by atoms with van der Waals surface area (Å²) in [6.07, 6.45) is -0.565. The first-order valence-corrected chi connectivity index (χ1v) is 9.53. The van der Waals surface area contributed by atoms with Crippen molar-refractivity contribution in [2.45, 2.75) is 53.6 Å². The van der Waals surface area contributed by atoms with Gasteiger partial charge in [-0.05, 0) is 68.0 Å². The summed E-state index contributed by atoms with van der Waals surface area (Å²) in [6.45, 7) is 12.9. The van der Waals surface area contributed by atoms with Gasteiger partial charge < -0.3 is 14.8 Å². The molecule has 1 N–H and O–H groups in total. The Balaban J connectivity index is 1.86. The van der Waals surface area contributed by atoms with Gasteiger partial charge in [0, 0.05) is 0 Å². The van der Waals surface area contributed by atoms with Crippen LogP contribution >= 0.6 is 0 Å². The van der Waals surface area contributed by atoms with Gasteiger partial charge in [0.05, 0.1) is 6.54 Å². The van der Waals surface area contributed by atoms with Gasteiger partial charge in [0.2, 0.25) is 0 Å². The van der Waals surface area contributed by atoms with E-state index >= 15 is 0 Å². The number of aryl methyl sites for hydroxylation is 3. The fraction of sp³-hybridized carbons (Fsp3) is 0.435. The number of carbonyl (C=O) groups excluding carboxylic acids is 1. The second-order valence-corrected chi connectivity index (χ2v) is 7.36. The minimum Gasteiger partial charge on any atom is -0.491 e. The average molecular weight is 370 g/mol. The van der Waals surface area contributed by atoms with Crippen LogP contribution < -0.4 is 14.8 Å². The zero-order valence-electron chi connectivity index (χ0n) is 17.3. The summed E-state index contributed by atoms with van der Waals surface area (Å²) in [5.74, 6) is 1.83. The summed E-state index contributed by atoms with van der Waals surface area (Å²) >= 11 is 0. The highest BCUT2D eigenvalue weighted by Gasteiger charge is 2.17. The fourth-order valence-electron chi connectivity index (χ4n) is 2.81. The second kappa shape index (κ2) is 9.45. The molecule has 0 spiro atoms. The maximum atomic E-state index is 12.4. The van der Waals surface area contributed by atoms with Crippen molar-refractivity contribution in [3.8, 4) is 11.5 Å². The number of amides is 1. The lowest BCUT2D eigenvalue weighted by molar-refractivity contribution is -0.127. The van der Waals surface area contributed by atoms with Crippen molar-refractivity contribution in [3.63, 3.8) is 0 Å². The van der Waals surface area contributed by atoms with Gasteiger partial charge in [-0.3, -0.25) is 4.79 Å². The molecule has 4 nitrogen and oxygen atoms in total. The van der Waals surface area contributed by atoms with E-state index < -0.39 is 6.10 Å². The molecule has 146 valence electrons.